The lowest BCUT2D eigenvalue weighted by atomic mass is 10.1. The minimum atomic E-state index is -0.715. The lowest BCUT2D eigenvalue weighted by molar-refractivity contribution is -0.126. The first-order chi connectivity index (χ1) is 15.4. The molecule has 3 rings (SSSR count). The molecule has 1 aliphatic rings. The summed E-state index contributed by atoms with van der Waals surface area (Å²) in [5.74, 6) is 6.72. The Morgan fingerprint density at radius 2 is 1.84 bits per heavy atom. The van der Waals surface area contributed by atoms with Crippen LogP contribution in [0.15, 0.2) is 37.1 Å². The maximum Gasteiger partial charge on any atom is 0.270 e. The number of hydrogen-bond acceptors (Lipinski definition) is 7. The molecule has 1 saturated heterocycles. The number of carbonyl (C=O) groups excluding carboxylic acids is 2. The number of methoxy groups -OCH3 is 2. The average molecular weight is 435 g/mol. The van der Waals surface area contributed by atoms with Crippen LogP contribution in [0, 0.1) is 11.8 Å². The van der Waals surface area contributed by atoms with Crippen LogP contribution in [0.1, 0.15) is 34.6 Å². The number of piperidine rings is 1. The Morgan fingerprint density at radius 1 is 1.19 bits per heavy atom. The summed E-state index contributed by atoms with van der Waals surface area (Å²) in [6, 6.07) is 5.33. The summed E-state index contributed by atoms with van der Waals surface area (Å²) in [6.07, 6.45) is 4.29. The molecule has 0 aliphatic carbocycles. The number of nitrogens with one attached hydrogen (secondary N) is 1. The number of nitrogens with zero attached hydrogens (tertiary/aromatic N) is 3. The van der Waals surface area contributed by atoms with Gasteiger partial charge in [0.1, 0.15) is 23.0 Å². The number of aromatic nitrogens is 2. The second-order valence-corrected chi connectivity index (χ2v) is 7.12. The number of amides is 2. The van der Waals surface area contributed by atoms with E-state index in [2.05, 4.69) is 33.7 Å². The van der Waals surface area contributed by atoms with Crippen molar-refractivity contribution in [3.8, 4) is 23.3 Å². The van der Waals surface area contributed by atoms with Crippen LogP contribution in [0.5, 0.6) is 11.5 Å². The lowest BCUT2D eigenvalue weighted by Crippen LogP contribution is -2.41. The Bertz CT molecular complexity index is 1060. The van der Waals surface area contributed by atoms with Crippen LogP contribution in [0.25, 0.3) is 0 Å². The summed E-state index contributed by atoms with van der Waals surface area (Å²) in [5, 5.41) is 3.30. The lowest BCUT2D eigenvalue weighted by Gasteiger charge is -2.31. The Balaban J connectivity index is 1.81. The van der Waals surface area contributed by atoms with Crippen LogP contribution in [-0.4, -0.2) is 60.0 Å². The summed E-state index contributed by atoms with van der Waals surface area (Å²) in [4.78, 5) is 33.9. The van der Waals surface area contributed by atoms with E-state index in [9.17, 15) is 9.59 Å². The monoisotopic (exact) mass is 435 g/mol. The molecule has 3 N–H and O–H groups in total. The van der Waals surface area contributed by atoms with Gasteiger partial charge in [-0.3, -0.25) is 9.59 Å². The zero-order valence-corrected chi connectivity index (χ0v) is 18.1. The third-order valence-electron chi connectivity index (χ3n) is 5.02. The van der Waals surface area contributed by atoms with Gasteiger partial charge in [-0.25, -0.2) is 9.97 Å². The fourth-order valence-corrected chi connectivity index (χ4v) is 3.32. The van der Waals surface area contributed by atoms with Crippen LogP contribution in [0.4, 0.5) is 5.82 Å². The molecular formula is C23H25N5O4. The van der Waals surface area contributed by atoms with E-state index in [4.69, 9.17) is 15.2 Å². The molecule has 2 heterocycles. The van der Waals surface area contributed by atoms with Crippen molar-refractivity contribution in [1.29, 1.82) is 0 Å². The predicted molar refractivity (Wildman–Crippen MR) is 119 cm³/mol. The molecule has 0 atom stereocenters. The van der Waals surface area contributed by atoms with Gasteiger partial charge in [-0.2, -0.15) is 0 Å². The second kappa shape index (κ2) is 10.3. The molecule has 0 spiro atoms. The minimum Gasteiger partial charge on any atom is -0.497 e. The summed E-state index contributed by atoms with van der Waals surface area (Å²) in [6.45, 7) is 4.77. The summed E-state index contributed by atoms with van der Waals surface area (Å²) in [5.41, 5.74) is 6.23. The summed E-state index contributed by atoms with van der Waals surface area (Å²) >= 11 is 0. The Hall–Kier alpha value is -4.06. The quantitative estimate of drug-likeness (QED) is 0.522. The van der Waals surface area contributed by atoms with Gasteiger partial charge in [0.2, 0.25) is 5.91 Å². The highest BCUT2D eigenvalue weighted by atomic mass is 16.5. The van der Waals surface area contributed by atoms with Crippen molar-refractivity contribution in [3.63, 3.8) is 0 Å². The van der Waals surface area contributed by atoms with Gasteiger partial charge >= 0.3 is 0 Å². The number of likely N-dealkylation sites (tertiary alicyclic amines) is 1. The first-order valence-electron chi connectivity index (χ1n) is 10.0. The van der Waals surface area contributed by atoms with Gasteiger partial charge in [-0.1, -0.05) is 12.5 Å². The van der Waals surface area contributed by atoms with Crippen LogP contribution < -0.4 is 20.5 Å². The van der Waals surface area contributed by atoms with Gasteiger partial charge in [-0.15, -0.1) is 0 Å². The van der Waals surface area contributed by atoms with Gasteiger partial charge in [0, 0.05) is 30.8 Å². The van der Waals surface area contributed by atoms with Crippen LogP contribution in [0.2, 0.25) is 0 Å². The second-order valence-electron chi connectivity index (χ2n) is 7.12. The molecule has 2 aromatic rings. The number of hydrogen-bond donors (Lipinski definition) is 2. The van der Waals surface area contributed by atoms with Crippen molar-refractivity contribution in [3.05, 3.63) is 54.0 Å². The van der Waals surface area contributed by atoms with Crippen molar-refractivity contribution in [2.24, 2.45) is 5.73 Å². The molecule has 1 aromatic heterocycles. The number of ether oxygens (including phenoxy) is 2. The fraction of sp³-hybridized carbons (Fsp3) is 0.304. The molecule has 0 bridgehead atoms. The topological polar surface area (TPSA) is 120 Å². The molecule has 0 unspecified atom stereocenters. The van der Waals surface area contributed by atoms with Gasteiger partial charge in [-0.05, 0) is 37.0 Å². The van der Waals surface area contributed by atoms with Gasteiger partial charge in [0.15, 0.2) is 5.69 Å². The van der Waals surface area contributed by atoms with E-state index in [0.29, 0.717) is 36.0 Å². The molecule has 9 nitrogen and oxygen atoms in total. The molecular weight excluding hydrogens is 410 g/mol. The number of primary amides is 1. The van der Waals surface area contributed by atoms with Gasteiger partial charge < -0.3 is 25.4 Å². The first kappa shape index (κ1) is 22.6. The van der Waals surface area contributed by atoms with Crippen molar-refractivity contribution in [2.75, 3.05) is 32.6 Å². The number of anilines is 1. The number of benzene rings is 1. The van der Waals surface area contributed by atoms with E-state index in [1.165, 1.54) is 12.3 Å². The number of rotatable bonds is 6. The highest BCUT2D eigenvalue weighted by molar-refractivity contribution is 5.93. The third-order valence-corrected chi connectivity index (χ3v) is 5.02. The molecule has 1 aromatic carbocycles. The van der Waals surface area contributed by atoms with E-state index in [-0.39, 0.29) is 23.3 Å². The Kier molecular flexibility index (Phi) is 7.29. The molecule has 166 valence electrons. The standard InChI is InChI=1S/C23H25N5O4/c1-4-21(29)28-9-7-16(8-10-28)26-20-14-25-22(23(24)30)19(27-20)6-5-15-11-17(31-2)13-18(12-15)32-3/h4,11-14,16H,1,7-10H2,2-3H3,(H2,24,30)(H,26,27). The first-order valence-corrected chi connectivity index (χ1v) is 10.0. The van der Waals surface area contributed by atoms with Crippen LogP contribution >= 0.6 is 0 Å². The van der Waals surface area contributed by atoms with E-state index in [1.807, 2.05) is 0 Å². The normalized spacial score (nSPS) is 13.5. The molecule has 2 amide bonds. The smallest absolute Gasteiger partial charge is 0.270 e. The van der Waals surface area contributed by atoms with E-state index in [0.717, 1.165) is 12.8 Å². The van der Waals surface area contributed by atoms with Crippen LogP contribution in [-0.2, 0) is 4.79 Å². The molecule has 0 radical (unpaired) electrons. The average Bonchev–Trinajstić information content (AvgIpc) is 2.82. The van der Waals surface area contributed by atoms with Crippen molar-refractivity contribution < 1.29 is 19.1 Å². The van der Waals surface area contributed by atoms with E-state index < -0.39 is 5.91 Å². The molecule has 32 heavy (non-hydrogen) atoms. The van der Waals surface area contributed by atoms with Crippen molar-refractivity contribution in [1.82, 2.24) is 14.9 Å². The summed E-state index contributed by atoms with van der Waals surface area (Å²) < 4.78 is 10.5. The zero-order valence-electron chi connectivity index (χ0n) is 18.1. The molecule has 0 saturated carbocycles. The fourth-order valence-electron chi connectivity index (χ4n) is 3.32. The largest absolute Gasteiger partial charge is 0.497 e. The Labute approximate surface area is 186 Å². The molecule has 1 aliphatic heterocycles. The molecule has 1 fully saturated rings. The van der Waals surface area contributed by atoms with Gasteiger partial charge in [0.05, 0.1) is 20.4 Å². The number of carbonyl (C=O) groups is 2. The SMILES string of the molecule is C=CC(=O)N1CCC(Nc2cnc(C(N)=O)c(C#Cc3cc(OC)cc(OC)c3)n2)CC1. The maximum absolute atomic E-state index is 11.8. The maximum atomic E-state index is 11.8. The third kappa shape index (κ3) is 5.55. The van der Waals surface area contributed by atoms with Crippen LogP contribution in [0.3, 0.4) is 0 Å². The van der Waals surface area contributed by atoms with E-state index >= 15 is 0 Å². The zero-order chi connectivity index (χ0) is 23.1. The highest BCUT2D eigenvalue weighted by Crippen LogP contribution is 2.22. The predicted octanol–water partition coefficient (Wildman–Crippen LogP) is 1.58. The summed E-state index contributed by atoms with van der Waals surface area (Å²) in [7, 11) is 3.10. The Morgan fingerprint density at radius 3 is 2.41 bits per heavy atom. The minimum absolute atomic E-state index is 0.00990. The molecule has 9 heteroatoms. The number of nitrogens with two attached hydrogens (primary N) is 1. The van der Waals surface area contributed by atoms with Gasteiger partial charge in [0.25, 0.3) is 5.91 Å². The van der Waals surface area contributed by atoms with Crippen molar-refractivity contribution in [2.45, 2.75) is 18.9 Å². The van der Waals surface area contributed by atoms with Crippen molar-refractivity contribution >= 4 is 17.6 Å². The highest BCUT2D eigenvalue weighted by Gasteiger charge is 2.22. The van der Waals surface area contributed by atoms with E-state index in [1.54, 1.807) is 37.3 Å².